The monoisotopic (exact) mass is 636 g/mol. The number of anilines is 3. The summed E-state index contributed by atoms with van der Waals surface area (Å²) >= 11 is 0. The Labute approximate surface area is 284 Å². The van der Waals surface area contributed by atoms with Crippen LogP contribution < -0.4 is 4.90 Å². The van der Waals surface area contributed by atoms with Crippen LogP contribution in [0.1, 0.15) is 42.3 Å². The van der Waals surface area contributed by atoms with Crippen LogP contribution in [0.5, 0.6) is 0 Å². The molecule has 1 aliphatic heterocycles. The highest BCUT2D eigenvalue weighted by atomic mass is 19.1. The molecule has 0 spiro atoms. The largest absolute Gasteiger partial charge is 0.310 e. The lowest BCUT2D eigenvalue weighted by atomic mass is 9.73. The summed E-state index contributed by atoms with van der Waals surface area (Å²) in [6.07, 6.45) is 2.28. The van der Waals surface area contributed by atoms with E-state index in [1.807, 2.05) is 79.0 Å². The highest BCUT2D eigenvalue weighted by Crippen LogP contribution is 2.53. The molecule has 8 aromatic rings. The van der Waals surface area contributed by atoms with Crippen molar-refractivity contribution in [1.82, 2.24) is 14.5 Å². The molecule has 1 aliphatic rings. The van der Waals surface area contributed by atoms with Gasteiger partial charge in [-0.3, -0.25) is 9.55 Å². The summed E-state index contributed by atoms with van der Waals surface area (Å²) in [5, 5.41) is 2.15. The van der Waals surface area contributed by atoms with E-state index < -0.39 is 6.17 Å². The summed E-state index contributed by atoms with van der Waals surface area (Å²) in [7, 11) is 0. The molecule has 3 aromatic heterocycles. The van der Waals surface area contributed by atoms with Crippen LogP contribution in [0.25, 0.3) is 38.9 Å². The van der Waals surface area contributed by atoms with E-state index in [2.05, 4.69) is 101 Å². The van der Waals surface area contributed by atoms with Crippen LogP contribution in [0, 0.1) is 0 Å². The first-order valence-corrected chi connectivity index (χ1v) is 16.6. The molecule has 1 atom stereocenters. The molecule has 0 aliphatic carbocycles. The fourth-order valence-electron chi connectivity index (χ4n) is 7.55. The van der Waals surface area contributed by atoms with E-state index in [1.165, 1.54) is 16.8 Å². The normalized spacial score (nSPS) is 14.1. The van der Waals surface area contributed by atoms with Gasteiger partial charge in [0.2, 0.25) is 0 Å². The Bertz CT molecular complexity index is 2500. The number of para-hydroxylation sites is 2. The van der Waals surface area contributed by atoms with E-state index in [4.69, 9.17) is 4.98 Å². The molecular formula is C44H33FN4. The molecule has 4 nitrogen and oxygen atoms in total. The Morgan fingerprint density at radius 3 is 2.14 bits per heavy atom. The van der Waals surface area contributed by atoms with Crippen LogP contribution in [-0.2, 0) is 5.41 Å². The van der Waals surface area contributed by atoms with Crippen LogP contribution in [0.15, 0.2) is 158 Å². The summed E-state index contributed by atoms with van der Waals surface area (Å²) < 4.78 is 18.6. The Morgan fingerprint density at radius 1 is 0.571 bits per heavy atom. The third kappa shape index (κ3) is 4.65. The van der Waals surface area contributed by atoms with E-state index in [0.717, 1.165) is 50.3 Å². The molecule has 0 amide bonds. The maximum absolute atomic E-state index is 16.4. The van der Waals surface area contributed by atoms with Crippen LogP contribution >= 0.6 is 0 Å². The fraction of sp³-hybridized carbons (Fsp3) is 0.0909. The van der Waals surface area contributed by atoms with Gasteiger partial charge in [-0.2, -0.15) is 0 Å². The predicted molar refractivity (Wildman–Crippen MR) is 198 cm³/mol. The van der Waals surface area contributed by atoms with Crippen molar-refractivity contribution in [2.75, 3.05) is 4.90 Å². The highest BCUT2D eigenvalue weighted by molar-refractivity contribution is 6.10. The average molecular weight is 637 g/mol. The molecule has 236 valence electrons. The van der Waals surface area contributed by atoms with Crippen molar-refractivity contribution < 1.29 is 4.39 Å². The molecule has 0 radical (unpaired) electrons. The van der Waals surface area contributed by atoms with Gasteiger partial charge in [0.15, 0.2) is 6.17 Å². The number of pyridine rings is 2. The molecule has 0 fully saturated rings. The van der Waals surface area contributed by atoms with Crippen molar-refractivity contribution in [3.8, 4) is 16.9 Å². The molecule has 9 rings (SSSR count). The van der Waals surface area contributed by atoms with Crippen molar-refractivity contribution in [3.63, 3.8) is 0 Å². The second-order valence-corrected chi connectivity index (χ2v) is 13.2. The van der Waals surface area contributed by atoms with Crippen LogP contribution in [-0.4, -0.2) is 14.5 Å². The number of hydrogen-bond donors (Lipinski definition) is 0. The van der Waals surface area contributed by atoms with E-state index >= 15 is 4.39 Å². The second kappa shape index (κ2) is 11.3. The Kier molecular flexibility index (Phi) is 6.70. The number of nitrogens with zero attached hydrogens (tertiary/aromatic N) is 4. The van der Waals surface area contributed by atoms with Gasteiger partial charge in [0.05, 0.1) is 22.6 Å². The standard InChI is InChI=1S/C44H33FN4/c1-44(2)36-20-6-7-22-39(36)48(32-16-4-3-5-17-32)41-27-35-34-19-12-24-47-43(34)49(40(35)28-37(41)44)33-18-11-15-31(26-33)42(45)30-14-10-13-29(25-30)38-21-8-9-23-46-38/h3-28,42H,1-2H3. The minimum atomic E-state index is -1.31. The van der Waals surface area contributed by atoms with Gasteiger partial charge in [-0.05, 0) is 95.1 Å². The second-order valence-electron chi connectivity index (χ2n) is 13.2. The SMILES string of the molecule is CC1(C)c2ccccc2N(c2ccccc2)c2cc3c4cccnc4n(-c4cccc(C(F)c5cccc(-c6ccccn6)c5)c4)c3cc21. The quantitative estimate of drug-likeness (QED) is 0.188. The molecule has 0 bridgehead atoms. The maximum Gasteiger partial charge on any atom is 0.150 e. The zero-order valence-electron chi connectivity index (χ0n) is 27.3. The van der Waals surface area contributed by atoms with Crippen LogP contribution in [0.4, 0.5) is 21.5 Å². The molecule has 4 heterocycles. The number of alkyl halides is 1. The molecule has 0 saturated carbocycles. The summed E-state index contributed by atoms with van der Waals surface area (Å²) in [4.78, 5) is 11.7. The van der Waals surface area contributed by atoms with Gasteiger partial charge in [-0.15, -0.1) is 0 Å². The maximum atomic E-state index is 16.4. The Hall–Kier alpha value is -6.07. The predicted octanol–water partition coefficient (Wildman–Crippen LogP) is 11.4. The van der Waals surface area contributed by atoms with Crippen LogP contribution in [0.2, 0.25) is 0 Å². The third-order valence-electron chi connectivity index (χ3n) is 9.95. The lowest BCUT2D eigenvalue weighted by Gasteiger charge is -2.42. The number of benzene rings is 5. The van der Waals surface area contributed by atoms with E-state index in [0.29, 0.717) is 11.1 Å². The van der Waals surface area contributed by atoms with E-state index in [-0.39, 0.29) is 5.41 Å². The van der Waals surface area contributed by atoms with Crippen molar-refractivity contribution >= 4 is 39.0 Å². The first-order valence-electron chi connectivity index (χ1n) is 16.6. The number of rotatable bonds is 5. The first-order chi connectivity index (χ1) is 24.0. The number of hydrogen-bond acceptors (Lipinski definition) is 3. The van der Waals surface area contributed by atoms with E-state index in [1.54, 1.807) is 6.20 Å². The smallest absolute Gasteiger partial charge is 0.150 e. The summed E-state index contributed by atoms with van der Waals surface area (Å²) in [5.74, 6) is 0. The van der Waals surface area contributed by atoms with Gasteiger partial charge in [0.25, 0.3) is 0 Å². The van der Waals surface area contributed by atoms with Gasteiger partial charge < -0.3 is 4.90 Å². The molecule has 5 heteroatoms. The van der Waals surface area contributed by atoms with Crippen molar-refractivity contribution in [1.29, 1.82) is 0 Å². The fourth-order valence-corrected chi connectivity index (χ4v) is 7.55. The van der Waals surface area contributed by atoms with Crippen LogP contribution in [0.3, 0.4) is 0 Å². The van der Waals surface area contributed by atoms with Crippen molar-refractivity contribution in [3.05, 3.63) is 180 Å². The zero-order valence-corrected chi connectivity index (χ0v) is 27.3. The van der Waals surface area contributed by atoms with Gasteiger partial charge >= 0.3 is 0 Å². The minimum absolute atomic E-state index is 0.273. The summed E-state index contributed by atoms with van der Waals surface area (Å²) in [5.41, 5.74) is 11.3. The minimum Gasteiger partial charge on any atom is -0.310 e. The number of fused-ring (bicyclic) bond motifs is 5. The average Bonchev–Trinajstić information content (AvgIpc) is 3.48. The van der Waals surface area contributed by atoms with Gasteiger partial charge in [0.1, 0.15) is 5.65 Å². The van der Waals surface area contributed by atoms with Crippen molar-refractivity contribution in [2.24, 2.45) is 0 Å². The molecule has 5 aromatic carbocycles. The van der Waals surface area contributed by atoms with Gasteiger partial charge in [0, 0.05) is 45.5 Å². The number of halogens is 1. The zero-order chi connectivity index (χ0) is 33.1. The third-order valence-corrected chi connectivity index (χ3v) is 9.95. The molecule has 1 unspecified atom stereocenters. The summed E-state index contributed by atoms with van der Waals surface area (Å²) in [6.45, 7) is 4.61. The topological polar surface area (TPSA) is 34.0 Å². The van der Waals surface area contributed by atoms with Gasteiger partial charge in [-0.1, -0.05) is 86.6 Å². The summed E-state index contributed by atoms with van der Waals surface area (Å²) in [6, 6.07) is 49.2. The first kappa shape index (κ1) is 29.1. The molecule has 49 heavy (non-hydrogen) atoms. The highest BCUT2D eigenvalue weighted by Gasteiger charge is 2.37. The molecular weight excluding hydrogens is 604 g/mol. The van der Waals surface area contributed by atoms with Crippen molar-refractivity contribution in [2.45, 2.75) is 25.4 Å². The van der Waals surface area contributed by atoms with E-state index in [9.17, 15) is 0 Å². The lowest BCUT2D eigenvalue weighted by Crippen LogP contribution is -2.30. The molecule has 0 N–H and O–H groups in total. The van der Waals surface area contributed by atoms with Gasteiger partial charge in [-0.25, -0.2) is 9.37 Å². The Morgan fingerprint density at radius 2 is 1.31 bits per heavy atom. The lowest BCUT2D eigenvalue weighted by molar-refractivity contribution is 0.402. The number of aromatic nitrogens is 3. The molecule has 0 saturated heterocycles. The Balaban J connectivity index is 1.23.